The van der Waals surface area contributed by atoms with Crippen molar-refractivity contribution in [1.82, 2.24) is 39.9 Å². The van der Waals surface area contributed by atoms with Crippen LogP contribution in [0.15, 0.2) is 325 Å². The van der Waals surface area contributed by atoms with Crippen molar-refractivity contribution in [3.05, 3.63) is 350 Å². The lowest BCUT2D eigenvalue weighted by molar-refractivity contribution is 0.584. The van der Waals surface area contributed by atoms with Gasteiger partial charge in [-0.15, -0.1) is 0 Å². The van der Waals surface area contributed by atoms with Gasteiger partial charge in [0.2, 0.25) is 0 Å². The van der Waals surface area contributed by atoms with Crippen molar-refractivity contribution in [2.45, 2.75) is 23.9 Å². The quantitative estimate of drug-likeness (QED) is 0.129. The fraction of sp³-hybridized carbons (Fsp3) is 0.0455. The lowest BCUT2D eigenvalue weighted by atomic mass is 9.82. The summed E-state index contributed by atoms with van der Waals surface area (Å²) in [7, 11) is 0. The van der Waals surface area contributed by atoms with Crippen LogP contribution in [-0.2, 0) is 0 Å². The lowest BCUT2D eigenvalue weighted by Gasteiger charge is -2.30. The predicted octanol–water partition coefficient (Wildman–Crippen LogP) is 20.7. The number of para-hydroxylation sites is 6. The highest BCUT2D eigenvalue weighted by Gasteiger charge is 2.45. The third-order valence-corrected chi connectivity index (χ3v) is 19.6. The zero-order valence-corrected chi connectivity index (χ0v) is 53.8. The first-order valence-corrected chi connectivity index (χ1v) is 33.6. The van der Waals surface area contributed by atoms with Gasteiger partial charge < -0.3 is 18.6 Å². The average Bonchev–Trinajstić information content (AvgIpc) is 1.56. The monoisotopic (exact) mass is 1290 g/mol. The zero-order chi connectivity index (χ0) is 66.0. The van der Waals surface area contributed by atoms with E-state index in [0.29, 0.717) is 34.9 Å². The molecule has 20 rings (SSSR count). The van der Waals surface area contributed by atoms with E-state index in [1.165, 1.54) is 45.0 Å². The van der Waals surface area contributed by atoms with Gasteiger partial charge in [-0.2, -0.15) is 0 Å². The molecule has 472 valence electrons. The van der Waals surface area contributed by atoms with Crippen LogP contribution in [0.2, 0.25) is 0 Å². The van der Waals surface area contributed by atoms with Gasteiger partial charge in [-0.1, -0.05) is 212 Å². The number of anilines is 4. The van der Waals surface area contributed by atoms with E-state index in [4.69, 9.17) is 38.7 Å². The number of nitrogens with zero attached hydrogens (tertiary/aromatic N) is 10. The molecule has 4 unspecified atom stereocenters. The normalized spacial score (nSPS) is 15.9. The van der Waals surface area contributed by atoms with Gasteiger partial charge >= 0.3 is 0 Å². The van der Waals surface area contributed by atoms with Crippen LogP contribution in [0.3, 0.4) is 0 Å². The van der Waals surface area contributed by atoms with Gasteiger partial charge in [0, 0.05) is 104 Å². The molecule has 2 aliphatic carbocycles. The molecule has 8 heterocycles. The van der Waals surface area contributed by atoms with E-state index in [-0.39, 0.29) is 23.9 Å². The molecule has 0 saturated heterocycles. The summed E-state index contributed by atoms with van der Waals surface area (Å²) in [5.41, 5.74) is 20.9. The highest BCUT2D eigenvalue weighted by atomic mass is 16.3. The number of furan rings is 2. The van der Waals surface area contributed by atoms with Crippen molar-refractivity contribution in [2.75, 3.05) is 9.80 Å². The number of rotatable bonds is 10. The third-order valence-electron chi connectivity index (χ3n) is 19.6. The highest BCUT2D eigenvalue weighted by Crippen LogP contribution is 2.56. The van der Waals surface area contributed by atoms with Crippen LogP contribution in [0.5, 0.6) is 0 Å². The number of hydrogen-bond acceptors (Lipinski definition) is 12. The Kier molecular flexibility index (Phi) is 14.2. The number of pyridine rings is 2. The van der Waals surface area contributed by atoms with E-state index >= 15 is 0 Å². The summed E-state index contributed by atoms with van der Waals surface area (Å²) < 4.78 is 13.6. The van der Waals surface area contributed by atoms with E-state index in [1.807, 2.05) is 72.8 Å². The van der Waals surface area contributed by atoms with Crippen LogP contribution in [0, 0.1) is 0 Å². The number of fused-ring (bicyclic) bond motifs is 14. The van der Waals surface area contributed by atoms with Crippen LogP contribution in [0.25, 0.3) is 125 Å². The largest absolute Gasteiger partial charge is 0.456 e. The molecule has 0 amide bonds. The van der Waals surface area contributed by atoms with Gasteiger partial charge in [-0.25, -0.2) is 29.9 Å². The summed E-state index contributed by atoms with van der Waals surface area (Å²) in [6.45, 7) is 0. The first-order valence-electron chi connectivity index (χ1n) is 33.6. The number of aromatic nitrogens is 8. The molecule has 4 atom stereocenters. The molecule has 12 heteroatoms. The van der Waals surface area contributed by atoms with Gasteiger partial charge in [-0.05, 0) is 124 Å². The van der Waals surface area contributed by atoms with Crippen molar-refractivity contribution in [1.29, 1.82) is 0 Å². The molecule has 100 heavy (non-hydrogen) atoms. The summed E-state index contributed by atoms with van der Waals surface area (Å²) >= 11 is 0. The molecule has 2 aliphatic heterocycles. The van der Waals surface area contributed by atoms with E-state index in [0.717, 1.165) is 89.1 Å². The highest BCUT2D eigenvalue weighted by molar-refractivity contribution is 5.99. The Balaban J connectivity index is 0.000000139. The minimum absolute atomic E-state index is 0.100. The molecule has 0 spiro atoms. The zero-order valence-electron chi connectivity index (χ0n) is 53.8. The summed E-state index contributed by atoms with van der Waals surface area (Å²) in [5, 5.41) is 2.14. The van der Waals surface area contributed by atoms with Crippen LogP contribution < -0.4 is 9.80 Å². The maximum Gasteiger partial charge on any atom is 0.167 e. The second-order valence-electron chi connectivity index (χ2n) is 25.3. The fourth-order valence-corrected chi connectivity index (χ4v) is 15.1. The third kappa shape index (κ3) is 10.1. The van der Waals surface area contributed by atoms with Crippen LogP contribution in [-0.4, -0.2) is 52.0 Å². The molecule has 16 aromatic rings. The van der Waals surface area contributed by atoms with Gasteiger partial charge in [-0.3, -0.25) is 9.97 Å². The molecular formula is C88H58N10O2. The van der Waals surface area contributed by atoms with Crippen LogP contribution >= 0.6 is 0 Å². The van der Waals surface area contributed by atoms with Crippen molar-refractivity contribution in [2.24, 2.45) is 0 Å². The molecular weight excluding hydrogens is 1230 g/mol. The Morgan fingerprint density at radius 1 is 0.290 bits per heavy atom. The Labute approximate surface area is 576 Å². The smallest absolute Gasteiger partial charge is 0.167 e. The van der Waals surface area contributed by atoms with E-state index in [9.17, 15) is 0 Å². The van der Waals surface area contributed by atoms with E-state index in [2.05, 4.69) is 250 Å². The number of benzene rings is 10. The maximum absolute atomic E-state index is 6.79. The minimum atomic E-state index is 0.100. The summed E-state index contributed by atoms with van der Waals surface area (Å²) in [6, 6.07) is 96.7. The van der Waals surface area contributed by atoms with Gasteiger partial charge in [0.25, 0.3) is 0 Å². The van der Waals surface area contributed by atoms with E-state index < -0.39 is 0 Å². The van der Waals surface area contributed by atoms with Crippen molar-refractivity contribution in [3.63, 3.8) is 0 Å². The predicted molar refractivity (Wildman–Crippen MR) is 398 cm³/mol. The lowest BCUT2D eigenvalue weighted by Crippen LogP contribution is -2.30. The molecule has 10 aromatic carbocycles. The topological polar surface area (TPSA) is 136 Å². The first kappa shape index (κ1) is 58.1. The molecule has 0 N–H and O–H groups in total. The second-order valence-corrected chi connectivity index (χ2v) is 25.3. The van der Waals surface area contributed by atoms with Crippen LogP contribution in [0.4, 0.5) is 22.7 Å². The Hall–Kier alpha value is -13.3. The molecule has 12 nitrogen and oxygen atoms in total. The molecule has 0 bridgehead atoms. The van der Waals surface area contributed by atoms with Gasteiger partial charge in [0.15, 0.2) is 34.9 Å². The molecule has 0 saturated carbocycles. The Morgan fingerprint density at radius 3 is 1.14 bits per heavy atom. The Morgan fingerprint density at radius 2 is 0.660 bits per heavy atom. The fourth-order valence-electron chi connectivity index (χ4n) is 15.1. The maximum atomic E-state index is 6.79. The molecule has 4 aliphatic rings. The summed E-state index contributed by atoms with van der Waals surface area (Å²) in [5.74, 6) is 5.33. The van der Waals surface area contributed by atoms with Gasteiger partial charge in [0.1, 0.15) is 22.7 Å². The SMILES string of the molecule is C1=CC2C(c3ccccc3N2c2ccccc2)c2c1oc1c(-c3nc(-c4ccc(-c5ccccc5)cc4)nc(-c4cccnc4)n3)cccc21.C1=CC2C(c3ccccc3N2c2ccccc2)c2c1oc1c(-c3nc(-c4cccnc4)nc(-c4cccc(-c5ccccc5)c4)n3)cccc21. The Bertz CT molecular complexity index is 5830. The van der Waals surface area contributed by atoms with Crippen LogP contribution in [0.1, 0.15) is 45.6 Å². The summed E-state index contributed by atoms with van der Waals surface area (Å²) in [4.78, 5) is 43.8. The molecule has 6 aromatic heterocycles. The minimum Gasteiger partial charge on any atom is -0.456 e. The van der Waals surface area contributed by atoms with Crippen molar-refractivity contribution >= 4 is 56.8 Å². The molecule has 0 fully saturated rings. The second kappa shape index (κ2) is 24.4. The van der Waals surface area contributed by atoms with Crippen molar-refractivity contribution in [3.8, 4) is 90.6 Å². The van der Waals surface area contributed by atoms with Crippen molar-refractivity contribution < 1.29 is 8.83 Å². The number of hydrogen-bond donors (Lipinski definition) is 0. The average molecular weight is 1290 g/mol. The molecule has 0 radical (unpaired) electrons. The van der Waals surface area contributed by atoms with Gasteiger partial charge in [0.05, 0.1) is 23.2 Å². The van der Waals surface area contributed by atoms with E-state index in [1.54, 1.807) is 24.8 Å². The first-order chi connectivity index (χ1) is 49.6. The standard InChI is InChI=1S/2C44H29N5O/c1-3-12-28(13-4-1)29-14-9-15-30(26-29)42-46-43(31-16-11-25-45-27-31)48-44(47-42)35-21-10-20-34-40-38(50-41(34)35)24-23-37-39(40)33-19-7-8-22-36(33)49(37)32-17-5-2-6-18-32;1-3-11-28(12-4-1)29-20-22-30(23-21-29)42-46-43(31-13-10-26-45-27-31)48-44(47-42)35-18-9-17-34-40-38(50-41(34)35)25-24-37-39(40)33-16-7-8-19-36(33)49(37)32-14-5-2-6-15-32/h2*1-27,37,39H. The summed E-state index contributed by atoms with van der Waals surface area (Å²) in [6.07, 6.45) is 15.9.